The van der Waals surface area contributed by atoms with E-state index in [1.165, 1.54) is 0 Å². The number of nitrogens with one attached hydrogen (secondary N) is 1. The van der Waals surface area contributed by atoms with E-state index in [2.05, 4.69) is 22.5 Å². The summed E-state index contributed by atoms with van der Waals surface area (Å²) < 4.78 is 11.0. The Labute approximate surface area is 175 Å². The number of hydrogen-bond donors (Lipinski definition) is 2. The second kappa shape index (κ2) is 9.89. The maximum atomic E-state index is 12.8. The topological polar surface area (TPSA) is 101 Å². The fourth-order valence-corrected chi connectivity index (χ4v) is 3.67. The number of carboxylic acid groups (broad SMARTS) is 1. The minimum Gasteiger partial charge on any atom is -0.496 e. The molecule has 8 nitrogen and oxygen atoms in total. The number of pyridine rings is 1. The average Bonchev–Trinajstić information content (AvgIpc) is 3.27. The summed E-state index contributed by atoms with van der Waals surface area (Å²) >= 11 is 0. The molecule has 1 aliphatic carbocycles. The highest BCUT2D eigenvalue weighted by atomic mass is 16.5. The number of aromatic nitrogens is 1. The van der Waals surface area contributed by atoms with E-state index in [0.717, 1.165) is 34.5 Å². The lowest BCUT2D eigenvalue weighted by atomic mass is 9.99. The third kappa shape index (κ3) is 4.28. The second-order valence-electron chi connectivity index (χ2n) is 6.69. The molecule has 2 aromatic rings. The summed E-state index contributed by atoms with van der Waals surface area (Å²) in [7, 11) is 3.54. The Hall–Kier alpha value is -3.39. The molecule has 1 aromatic heterocycles. The molecule has 158 valence electrons. The van der Waals surface area contributed by atoms with Gasteiger partial charge in [-0.2, -0.15) is 0 Å². The SMILES string of the molecule is CNc1c(-c2ccc(C(=O)N3CCOCC3)cc2OC)cnc2c1C=CC2.O=CO. The van der Waals surface area contributed by atoms with E-state index in [-0.39, 0.29) is 12.4 Å². The number of nitrogens with zero attached hydrogens (tertiary/aromatic N) is 2. The molecule has 0 radical (unpaired) electrons. The summed E-state index contributed by atoms with van der Waals surface area (Å²) in [6.07, 6.45) is 6.94. The molecule has 0 unspecified atom stereocenters. The fraction of sp³-hybridized carbons (Fsp3) is 0.318. The van der Waals surface area contributed by atoms with Gasteiger partial charge in [-0.1, -0.05) is 12.2 Å². The van der Waals surface area contributed by atoms with Crippen LogP contribution in [0.3, 0.4) is 0 Å². The van der Waals surface area contributed by atoms with Crippen molar-refractivity contribution < 1.29 is 24.2 Å². The number of anilines is 1. The first-order valence-electron chi connectivity index (χ1n) is 9.64. The molecular formula is C22H25N3O5. The van der Waals surface area contributed by atoms with Crippen molar-refractivity contribution in [1.82, 2.24) is 9.88 Å². The van der Waals surface area contributed by atoms with E-state index in [0.29, 0.717) is 37.6 Å². The van der Waals surface area contributed by atoms with Gasteiger partial charge >= 0.3 is 0 Å². The first-order chi connectivity index (χ1) is 14.6. The number of methoxy groups -OCH3 is 1. The van der Waals surface area contributed by atoms with Crippen molar-refractivity contribution in [2.75, 3.05) is 45.8 Å². The average molecular weight is 411 g/mol. The van der Waals surface area contributed by atoms with Gasteiger partial charge < -0.3 is 24.8 Å². The van der Waals surface area contributed by atoms with E-state index in [9.17, 15) is 4.79 Å². The van der Waals surface area contributed by atoms with E-state index < -0.39 is 0 Å². The van der Waals surface area contributed by atoms with Crippen LogP contribution in [0.25, 0.3) is 17.2 Å². The lowest BCUT2D eigenvalue weighted by molar-refractivity contribution is -0.122. The molecular weight excluding hydrogens is 386 g/mol. The van der Waals surface area contributed by atoms with Crippen molar-refractivity contribution >= 4 is 24.1 Å². The van der Waals surface area contributed by atoms with Crippen LogP contribution in [0.4, 0.5) is 5.69 Å². The standard InChI is InChI=1S/C21H23N3O3.CH2O2/c1-22-20-16-4-3-5-18(16)23-13-17(20)15-7-6-14(12-19(15)26-2)21(25)24-8-10-27-11-9-24;2-1-3/h3-4,6-7,12-13H,5,8-11H2,1-2H3,(H,22,23);1H,(H,2,3). The summed E-state index contributed by atoms with van der Waals surface area (Å²) in [6.45, 7) is 2.16. The second-order valence-corrected chi connectivity index (χ2v) is 6.69. The van der Waals surface area contributed by atoms with Gasteiger partial charge in [-0.15, -0.1) is 0 Å². The molecule has 0 atom stereocenters. The largest absolute Gasteiger partial charge is 0.496 e. The van der Waals surface area contributed by atoms with Gasteiger partial charge in [0, 0.05) is 55.0 Å². The van der Waals surface area contributed by atoms with Gasteiger partial charge in [0.05, 0.1) is 31.7 Å². The van der Waals surface area contributed by atoms with Crippen LogP contribution in [-0.4, -0.2) is 67.8 Å². The third-order valence-corrected chi connectivity index (χ3v) is 5.08. The van der Waals surface area contributed by atoms with Crippen molar-refractivity contribution in [2.24, 2.45) is 0 Å². The Morgan fingerprint density at radius 2 is 2.03 bits per heavy atom. The molecule has 0 saturated carbocycles. The van der Waals surface area contributed by atoms with Crippen LogP contribution in [0.5, 0.6) is 5.75 Å². The van der Waals surface area contributed by atoms with Crippen LogP contribution in [0, 0.1) is 0 Å². The summed E-state index contributed by atoms with van der Waals surface area (Å²) in [5.74, 6) is 0.668. The fourth-order valence-electron chi connectivity index (χ4n) is 3.67. The van der Waals surface area contributed by atoms with Gasteiger partial charge in [0.25, 0.3) is 12.4 Å². The molecule has 1 aromatic carbocycles. The van der Waals surface area contributed by atoms with Gasteiger partial charge in [0.1, 0.15) is 5.75 Å². The minimum absolute atomic E-state index is 0.00648. The zero-order valence-corrected chi connectivity index (χ0v) is 17.1. The van der Waals surface area contributed by atoms with Crippen LogP contribution in [-0.2, 0) is 16.0 Å². The Kier molecular flexibility index (Phi) is 7.03. The predicted octanol–water partition coefficient (Wildman–Crippen LogP) is 2.54. The summed E-state index contributed by atoms with van der Waals surface area (Å²) in [6, 6.07) is 5.61. The quantitative estimate of drug-likeness (QED) is 0.746. The van der Waals surface area contributed by atoms with Crippen LogP contribution in [0.2, 0.25) is 0 Å². The van der Waals surface area contributed by atoms with Gasteiger partial charge in [-0.25, -0.2) is 0 Å². The van der Waals surface area contributed by atoms with Crippen molar-refractivity contribution in [3.05, 3.63) is 47.3 Å². The van der Waals surface area contributed by atoms with E-state index >= 15 is 0 Å². The molecule has 1 amide bonds. The number of morpholine rings is 1. The molecule has 1 aliphatic heterocycles. The number of fused-ring (bicyclic) bond motifs is 1. The summed E-state index contributed by atoms with van der Waals surface area (Å²) in [4.78, 5) is 27.6. The molecule has 0 spiro atoms. The van der Waals surface area contributed by atoms with Gasteiger partial charge in [0.2, 0.25) is 0 Å². The Morgan fingerprint density at radius 1 is 1.30 bits per heavy atom. The monoisotopic (exact) mass is 411 g/mol. The molecule has 2 aliphatic rings. The highest BCUT2D eigenvalue weighted by Crippen LogP contribution is 2.39. The third-order valence-electron chi connectivity index (χ3n) is 5.08. The van der Waals surface area contributed by atoms with Crippen LogP contribution < -0.4 is 10.1 Å². The number of ether oxygens (including phenoxy) is 2. The van der Waals surface area contributed by atoms with Crippen molar-refractivity contribution in [2.45, 2.75) is 6.42 Å². The normalized spacial score (nSPS) is 14.4. The lowest BCUT2D eigenvalue weighted by Gasteiger charge is -2.27. The Morgan fingerprint density at radius 3 is 2.70 bits per heavy atom. The van der Waals surface area contributed by atoms with Crippen molar-refractivity contribution in [1.29, 1.82) is 0 Å². The molecule has 1 fully saturated rings. The van der Waals surface area contributed by atoms with E-state index in [1.807, 2.05) is 36.3 Å². The van der Waals surface area contributed by atoms with E-state index in [1.54, 1.807) is 7.11 Å². The zero-order valence-electron chi connectivity index (χ0n) is 17.1. The van der Waals surface area contributed by atoms with E-state index in [4.69, 9.17) is 19.4 Å². The highest BCUT2D eigenvalue weighted by molar-refractivity contribution is 5.96. The highest BCUT2D eigenvalue weighted by Gasteiger charge is 2.22. The first kappa shape index (κ1) is 21.3. The first-order valence-corrected chi connectivity index (χ1v) is 9.64. The van der Waals surface area contributed by atoms with Crippen molar-refractivity contribution in [3.63, 3.8) is 0 Å². The summed E-state index contributed by atoms with van der Waals surface area (Å²) in [5.41, 5.74) is 5.71. The smallest absolute Gasteiger partial charge is 0.290 e. The number of rotatable bonds is 4. The molecule has 4 rings (SSSR count). The van der Waals surface area contributed by atoms with Crippen LogP contribution in [0.15, 0.2) is 30.5 Å². The van der Waals surface area contributed by atoms with Crippen molar-refractivity contribution in [3.8, 4) is 16.9 Å². The van der Waals surface area contributed by atoms with Crippen LogP contribution >= 0.6 is 0 Å². The minimum atomic E-state index is -0.250. The molecule has 1 saturated heterocycles. The number of amides is 1. The van der Waals surface area contributed by atoms with Gasteiger partial charge in [-0.05, 0) is 18.2 Å². The number of benzene rings is 1. The zero-order chi connectivity index (χ0) is 21.5. The van der Waals surface area contributed by atoms with Crippen LogP contribution in [0.1, 0.15) is 21.6 Å². The number of hydrogen-bond acceptors (Lipinski definition) is 6. The Balaban J connectivity index is 0.000000806. The maximum Gasteiger partial charge on any atom is 0.290 e. The number of carbonyl (C=O) groups is 2. The summed E-state index contributed by atoms with van der Waals surface area (Å²) in [5, 5.41) is 10.2. The molecule has 30 heavy (non-hydrogen) atoms. The number of carbonyl (C=O) groups excluding carboxylic acids is 1. The number of allylic oxidation sites excluding steroid dienone is 1. The Bertz CT molecular complexity index is 952. The molecule has 8 heteroatoms. The molecule has 0 bridgehead atoms. The molecule has 2 N–H and O–H groups in total. The predicted molar refractivity (Wildman–Crippen MR) is 114 cm³/mol. The lowest BCUT2D eigenvalue weighted by Crippen LogP contribution is -2.40. The van der Waals surface area contributed by atoms with Gasteiger partial charge in [-0.3, -0.25) is 14.6 Å². The maximum absolute atomic E-state index is 12.8. The molecule has 2 heterocycles. The van der Waals surface area contributed by atoms with Gasteiger partial charge in [0.15, 0.2) is 0 Å².